The fourth-order valence-corrected chi connectivity index (χ4v) is 4.98. The summed E-state index contributed by atoms with van der Waals surface area (Å²) in [6.07, 6.45) is 5.88. The van der Waals surface area contributed by atoms with E-state index >= 15 is 0 Å². The Bertz CT molecular complexity index is 1040. The van der Waals surface area contributed by atoms with Crippen LogP contribution in [0.5, 0.6) is 0 Å². The third-order valence-corrected chi connectivity index (χ3v) is 6.79. The molecule has 5 nitrogen and oxygen atoms in total. The molecule has 1 unspecified atom stereocenters. The summed E-state index contributed by atoms with van der Waals surface area (Å²) in [5.74, 6) is 0.435. The molecule has 0 amide bonds. The van der Waals surface area contributed by atoms with E-state index in [-0.39, 0.29) is 17.7 Å². The molecule has 3 heterocycles. The maximum absolute atomic E-state index is 13.6. The molecule has 2 aliphatic heterocycles. The molecular formula is C26H29F2N5. The Hall–Kier alpha value is -2.90. The summed E-state index contributed by atoms with van der Waals surface area (Å²) in [5.41, 5.74) is 3.00. The molecule has 3 aromatic rings. The van der Waals surface area contributed by atoms with Crippen molar-refractivity contribution < 1.29 is 8.78 Å². The monoisotopic (exact) mass is 449 g/mol. The molecule has 33 heavy (non-hydrogen) atoms. The van der Waals surface area contributed by atoms with Gasteiger partial charge in [-0.05, 0) is 61.3 Å². The summed E-state index contributed by atoms with van der Waals surface area (Å²) < 4.78 is 27.0. The van der Waals surface area contributed by atoms with Crippen molar-refractivity contribution in [2.75, 3.05) is 50.7 Å². The summed E-state index contributed by atoms with van der Waals surface area (Å²) in [5, 5.41) is 0. The highest BCUT2D eigenvalue weighted by Crippen LogP contribution is 2.31. The summed E-state index contributed by atoms with van der Waals surface area (Å²) >= 11 is 0. The molecule has 172 valence electrons. The van der Waals surface area contributed by atoms with Gasteiger partial charge in [-0.25, -0.2) is 18.7 Å². The quantitative estimate of drug-likeness (QED) is 0.558. The number of likely N-dealkylation sites (tertiary alicyclic amines) is 1. The molecule has 0 spiro atoms. The van der Waals surface area contributed by atoms with E-state index in [2.05, 4.69) is 24.7 Å². The molecule has 0 aliphatic carbocycles. The minimum atomic E-state index is -0.254. The molecule has 0 bridgehead atoms. The molecule has 0 radical (unpaired) electrons. The van der Waals surface area contributed by atoms with Crippen LogP contribution in [0.25, 0.3) is 11.1 Å². The lowest BCUT2D eigenvalue weighted by molar-refractivity contribution is 0.143. The van der Waals surface area contributed by atoms with Gasteiger partial charge >= 0.3 is 0 Å². The van der Waals surface area contributed by atoms with Gasteiger partial charge in [0.15, 0.2) is 0 Å². The number of benzene rings is 2. The summed E-state index contributed by atoms with van der Waals surface area (Å²) in [7, 11) is 0. The van der Waals surface area contributed by atoms with Crippen molar-refractivity contribution in [3.8, 4) is 11.1 Å². The van der Waals surface area contributed by atoms with Crippen LogP contribution in [0.15, 0.2) is 61.1 Å². The number of aromatic nitrogens is 2. The van der Waals surface area contributed by atoms with Gasteiger partial charge in [0, 0.05) is 50.5 Å². The van der Waals surface area contributed by atoms with E-state index in [4.69, 9.17) is 0 Å². The SMILES string of the molecule is Fc1ccc(-c2cncnc2N2CCN(C(CN3CCCC3)c3ccc(F)cc3)CC2)cc1. The minimum absolute atomic E-state index is 0.194. The molecule has 0 N–H and O–H groups in total. The second-order valence-corrected chi connectivity index (χ2v) is 8.86. The molecule has 2 aliphatic rings. The van der Waals surface area contributed by atoms with Crippen LogP contribution in [0.1, 0.15) is 24.4 Å². The first-order chi connectivity index (χ1) is 16.2. The number of nitrogens with zero attached hydrogens (tertiary/aromatic N) is 5. The standard InChI is InChI=1S/C26H29F2N5/c27-22-7-3-20(4-8-22)24-17-29-19-30-26(24)33-15-13-32(14-16-33)25(18-31-11-1-2-12-31)21-5-9-23(28)10-6-21/h3-10,17,19,25H,1-2,11-16,18H2. The van der Waals surface area contributed by atoms with Gasteiger partial charge in [0.1, 0.15) is 23.8 Å². The molecular weight excluding hydrogens is 420 g/mol. The first-order valence-electron chi connectivity index (χ1n) is 11.7. The normalized spacial score (nSPS) is 18.5. The molecule has 7 heteroatoms. The number of piperazine rings is 1. The second-order valence-electron chi connectivity index (χ2n) is 8.86. The Balaban J connectivity index is 1.33. The average molecular weight is 450 g/mol. The number of halogens is 2. The van der Waals surface area contributed by atoms with Crippen LogP contribution in [-0.4, -0.2) is 65.6 Å². The molecule has 2 aromatic carbocycles. The second kappa shape index (κ2) is 9.93. The van der Waals surface area contributed by atoms with Gasteiger partial charge in [0.05, 0.1) is 0 Å². The van der Waals surface area contributed by atoms with Crippen molar-refractivity contribution in [1.82, 2.24) is 19.8 Å². The smallest absolute Gasteiger partial charge is 0.139 e. The van der Waals surface area contributed by atoms with Gasteiger partial charge in [-0.2, -0.15) is 0 Å². The summed E-state index contributed by atoms with van der Waals surface area (Å²) in [4.78, 5) is 16.1. The molecule has 1 atom stereocenters. The first kappa shape index (κ1) is 21.9. The predicted molar refractivity (Wildman–Crippen MR) is 126 cm³/mol. The highest BCUT2D eigenvalue weighted by Gasteiger charge is 2.29. The topological polar surface area (TPSA) is 35.5 Å². The van der Waals surface area contributed by atoms with E-state index in [1.165, 1.54) is 30.5 Å². The fraction of sp³-hybridized carbons (Fsp3) is 0.385. The molecule has 1 aromatic heterocycles. The van der Waals surface area contributed by atoms with E-state index in [9.17, 15) is 8.78 Å². The maximum atomic E-state index is 13.6. The Morgan fingerprint density at radius 2 is 1.42 bits per heavy atom. The Labute approximate surface area is 193 Å². The van der Waals surface area contributed by atoms with Crippen LogP contribution in [-0.2, 0) is 0 Å². The Morgan fingerprint density at radius 3 is 2.09 bits per heavy atom. The Kier molecular flexibility index (Phi) is 6.60. The van der Waals surface area contributed by atoms with E-state index in [1.54, 1.807) is 36.8 Å². The van der Waals surface area contributed by atoms with E-state index in [0.717, 1.165) is 62.8 Å². The van der Waals surface area contributed by atoms with Crippen molar-refractivity contribution in [3.05, 3.63) is 78.3 Å². The number of anilines is 1. The number of hydrogen-bond acceptors (Lipinski definition) is 5. The van der Waals surface area contributed by atoms with Gasteiger partial charge in [-0.3, -0.25) is 4.90 Å². The van der Waals surface area contributed by atoms with Gasteiger partial charge < -0.3 is 9.80 Å². The van der Waals surface area contributed by atoms with Crippen molar-refractivity contribution in [1.29, 1.82) is 0 Å². The van der Waals surface area contributed by atoms with Crippen molar-refractivity contribution >= 4 is 5.82 Å². The highest BCUT2D eigenvalue weighted by molar-refractivity contribution is 5.75. The number of hydrogen-bond donors (Lipinski definition) is 0. The van der Waals surface area contributed by atoms with Crippen LogP contribution in [0.2, 0.25) is 0 Å². The Morgan fingerprint density at radius 1 is 0.788 bits per heavy atom. The van der Waals surface area contributed by atoms with Gasteiger partial charge in [-0.15, -0.1) is 0 Å². The lowest BCUT2D eigenvalue weighted by Gasteiger charge is -2.41. The van der Waals surface area contributed by atoms with Crippen LogP contribution in [0.4, 0.5) is 14.6 Å². The highest BCUT2D eigenvalue weighted by atomic mass is 19.1. The van der Waals surface area contributed by atoms with Crippen molar-refractivity contribution in [2.45, 2.75) is 18.9 Å². The largest absolute Gasteiger partial charge is 0.353 e. The fourth-order valence-electron chi connectivity index (χ4n) is 4.98. The minimum Gasteiger partial charge on any atom is -0.353 e. The summed E-state index contributed by atoms with van der Waals surface area (Å²) in [6.45, 7) is 6.70. The van der Waals surface area contributed by atoms with Crippen molar-refractivity contribution in [3.63, 3.8) is 0 Å². The molecule has 2 saturated heterocycles. The number of rotatable bonds is 6. The van der Waals surface area contributed by atoms with Gasteiger partial charge in [-0.1, -0.05) is 24.3 Å². The third kappa shape index (κ3) is 5.04. The van der Waals surface area contributed by atoms with Crippen LogP contribution < -0.4 is 4.90 Å². The lowest BCUT2D eigenvalue weighted by atomic mass is 10.0. The zero-order valence-electron chi connectivity index (χ0n) is 18.7. The van der Waals surface area contributed by atoms with Crippen LogP contribution in [0.3, 0.4) is 0 Å². The van der Waals surface area contributed by atoms with Crippen LogP contribution >= 0.6 is 0 Å². The lowest BCUT2D eigenvalue weighted by Crippen LogP contribution is -2.50. The van der Waals surface area contributed by atoms with Gasteiger partial charge in [0.2, 0.25) is 0 Å². The predicted octanol–water partition coefficient (Wildman–Crippen LogP) is 4.38. The maximum Gasteiger partial charge on any atom is 0.139 e. The zero-order chi connectivity index (χ0) is 22.6. The van der Waals surface area contributed by atoms with E-state index in [1.807, 2.05) is 12.1 Å². The molecule has 2 fully saturated rings. The summed E-state index contributed by atoms with van der Waals surface area (Å²) in [6, 6.07) is 13.7. The van der Waals surface area contributed by atoms with E-state index in [0.29, 0.717) is 0 Å². The van der Waals surface area contributed by atoms with Crippen molar-refractivity contribution in [2.24, 2.45) is 0 Å². The average Bonchev–Trinajstić information content (AvgIpc) is 3.37. The van der Waals surface area contributed by atoms with Gasteiger partial charge in [0.25, 0.3) is 0 Å². The zero-order valence-corrected chi connectivity index (χ0v) is 18.7. The van der Waals surface area contributed by atoms with Crippen LogP contribution in [0, 0.1) is 11.6 Å². The molecule has 0 saturated carbocycles. The van der Waals surface area contributed by atoms with E-state index < -0.39 is 0 Å². The first-order valence-corrected chi connectivity index (χ1v) is 11.7. The third-order valence-electron chi connectivity index (χ3n) is 6.79. The molecule has 5 rings (SSSR count).